The molecule has 132 valence electrons. The quantitative estimate of drug-likeness (QED) is 0.825. The zero-order valence-corrected chi connectivity index (χ0v) is 15.4. The van der Waals surface area contributed by atoms with Crippen LogP contribution < -0.4 is 4.90 Å². The fourth-order valence-corrected chi connectivity index (χ4v) is 5.36. The number of benzene rings is 1. The molecular weight excluding hydrogens is 358 g/mol. The van der Waals surface area contributed by atoms with Crippen LogP contribution in [0.15, 0.2) is 41.6 Å². The highest BCUT2D eigenvalue weighted by atomic mass is 35.5. The van der Waals surface area contributed by atoms with E-state index in [1.807, 2.05) is 18.2 Å². The third-order valence-electron chi connectivity index (χ3n) is 5.04. The van der Waals surface area contributed by atoms with Gasteiger partial charge in [0, 0.05) is 38.6 Å². The first-order chi connectivity index (χ1) is 12.1. The minimum atomic E-state index is -3.44. The number of fused-ring (bicyclic) bond motifs is 1. The summed E-state index contributed by atoms with van der Waals surface area (Å²) < 4.78 is 27.5. The average molecular weight is 378 g/mol. The Morgan fingerprint density at radius 3 is 2.52 bits per heavy atom. The zero-order valence-electron chi connectivity index (χ0n) is 13.9. The van der Waals surface area contributed by atoms with E-state index < -0.39 is 10.0 Å². The summed E-state index contributed by atoms with van der Waals surface area (Å²) in [7, 11) is -3.44. The van der Waals surface area contributed by atoms with E-state index in [4.69, 9.17) is 11.6 Å². The predicted molar refractivity (Wildman–Crippen MR) is 98.7 cm³/mol. The predicted octanol–water partition coefficient (Wildman–Crippen LogP) is 2.73. The van der Waals surface area contributed by atoms with Crippen LogP contribution in [0.25, 0.3) is 0 Å². The number of anilines is 1. The molecule has 0 saturated carbocycles. The summed E-state index contributed by atoms with van der Waals surface area (Å²) >= 11 is 6.20. The third kappa shape index (κ3) is 3.14. The summed E-state index contributed by atoms with van der Waals surface area (Å²) in [6, 6.07) is 7.46. The fourth-order valence-electron chi connectivity index (χ4n) is 3.65. The molecule has 0 spiro atoms. The largest absolute Gasteiger partial charge is 0.368 e. The van der Waals surface area contributed by atoms with Crippen LogP contribution in [-0.2, 0) is 22.9 Å². The lowest BCUT2D eigenvalue weighted by Crippen LogP contribution is -2.48. The highest BCUT2D eigenvalue weighted by Crippen LogP contribution is 2.29. The second-order valence-electron chi connectivity index (χ2n) is 6.50. The van der Waals surface area contributed by atoms with Gasteiger partial charge in [-0.1, -0.05) is 17.7 Å². The Morgan fingerprint density at radius 2 is 1.76 bits per heavy atom. The first-order valence-electron chi connectivity index (χ1n) is 8.52. The van der Waals surface area contributed by atoms with Crippen molar-refractivity contribution in [2.45, 2.75) is 24.2 Å². The molecule has 1 aromatic heterocycles. The number of nitrogens with zero attached hydrogens (tertiary/aromatic N) is 3. The van der Waals surface area contributed by atoms with E-state index in [0.29, 0.717) is 36.1 Å². The monoisotopic (exact) mass is 377 g/mol. The Morgan fingerprint density at radius 1 is 1.00 bits per heavy atom. The molecule has 0 bridgehead atoms. The van der Waals surface area contributed by atoms with Crippen LogP contribution in [0.1, 0.15) is 17.5 Å². The topological polar surface area (TPSA) is 53.5 Å². The van der Waals surface area contributed by atoms with Gasteiger partial charge in [-0.05, 0) is 48.6 Å². The van der Waals surface area contributed by atoms with Gasteiger partial charge in [0.2, 0.25) is 10.0 Å². The standard InChI is InChI=1S/C18H20ClN3O2S/c19-17-13-20-7-6-18(17)21-8-10-22(11-9-21)25(23,24)16-5-4-14-2-1-3-15(14)12-16/h4-7,12-13H,1-3,8-11H2. The van der Waals surface area contributed by atoms with Gasteiger partial charge in [0.15, 0.2) is 0 Å². The fraction of sp³-hybridized carbons (Fsp3) is 0.389. The summed E-state index contributed by atoms with van der Waals surface area (Å²) in [6.07, 6.45) is 6.47. The third-order valence-corrected chi connectivity index (χ3v) is 7.22. The summed E-state index contributed by atoms with van der Waals surface area (Å²) in [5.74, 6) is 0. The molecule has 7 heteroatoms. The molecule has 0 N–H and O–H groups in total. The van der Waals surface area contributed by atoms with Crippen molar-refractivity contribution in [3.63, 3.8) is 0 Å². The minimum Gasteiger partial charge on any atom is -0.368 e. The number of aromatic nitrogens is 1. The van der Waals surface area contributed by atoms with Crippen molar-refractivity contribution in [2.24, 2.45) is 0 Å². The lowest BCUT2D eigenvalue weighted by Gasteiger charge is -2.35. The van der Waals surface area contributed by atoms with E-state index in [-0.39, 0.29) is 0 Å². The number of pyridine rings is 1. The highest BCUT2D eigenvalue weighted by molar-refractivity contribution is 7.89. The van der Waals surface area contributed by atoms with Crippen LogP contribution in [-0.4, -0.2) is 43.9 Å². The van der Waals surface area contributed by atoms with E-state index in [2.05, 4.69) is 9.88 Å². The van der Waals surface area contributed by atoms with Crippen LogP contribution in [0.2, 0.25) is 5.02 Å². The molecule has 0 amide bonds. The van der Waals surface area contributed by atoms with Gasteiger partial charge < -0.3 is 4.90 Å². The lowest BCUT2D eigenvalue weighted by atomic mass is 10.1. The van der Waals surface area contributed by atoms with Crippen molar-refractivity contribution >= 4 is 27.3 Å². The Kier molecular flexibility index (Phi) is 4.43. The molecule has 0 unspecified atom stereocenters. The molecular formula is C18H20ClN3O2S. The van der Waals surface area contributed by atoms with Gasteiger partial charge in [0.25, 0.3) is 0 Å². The van der Waals surface area contributed by atoms with Gasteiger partial charge in [-0.15, -0.1) is 0 Å². The second kappa shape index (κ2) is 6.59. The number of hydrogen-bond acceptors (Lipinski definition) is 4. The first kappa shape index (κ1) is 16.8. The summed E-state index contributed by atoms with van der Waals surface area (Å²) in [5.41, 5.74) is 3.38. The van der Waals surface area contributed by atoms with Crippen LogP contribution in [0.5, 0.6) is 0 Å². The van der Waals surface area contributed by atoms with E-state index in [1.165, 1.54) is 11.1 Å². The zero-order chi connectivity index (χ0) is 17.4. The lowest BCUT2D eigenvalue weighted by molar-refractivity contribution is 0.385. The summed E-state index contributed by atoms with van der Waals surface area (Å²) in [6.45, 7) is 2.15. The van der Waals surface area contributed by atoms with Crippen molar-refractivity contribution in [2.75, 3.05) is 31.1 Å². The van der Waals surface area contributed by atoms with Crippen LogP contribution in [0.3, 0.4) is 0 Å². The Bertz CT molecular complexity index is 893. The van der Waals surface area contributed by atoms with Gasteiger partial charge in [-0.25, -0.2) is 8.42 Å². The molecule has 5 nitrogen and oxygen atoms in total. The maximum absolute atomic E-state index is 13.0. The van der Waals surface area contributed by atoms with Crippen LogP contribution >= 0.6 is 11.6 Å². The molecule has 1 fully saturated rings. The van der Waals surface area contributed by atoms with E-state index in [0.717, 1.165) is 24.9 Å². The van der Waals surface area contributed by atoms with Gasteiger partial charge in [0.05, 0.1) is 15.6 Å². The number of piperazine rings is 1. The van der Waals surface area contributed by atoms with E-state index in [9.17, 15) is 8.42 Å². The van der Waals surface area contributed by atoms with Crippen LogP contribution in [0, 0.1) is 0 Å². The molecule has 1 aliphatic heterocycles. The molecule has 0 radical (unpaired) electrons. The molecule has 2 aliphatic rings. The molecule has 0 atom stereocenters. The number of aryl methyl sites for hydroxylation is 2. The van der Waals surface area contributed by atoms with E-state index in [1.54, 1.807) is 22.8 Å². The number of sulfonamides is 1. The van der Waals surface area contributed by atoms with Gasteiger partial charge in [-0.2, -0.15) is 4.31 Å². The van der Waals surface area contributed by atoms with Crippen molar-refractivity contribution in [1.82, 2.24) is 9.29 Å². The van der Waals surface area contributed by atoms with Crippen LogP contribution in [0.4, 0.5) is 5.69 Å². The van der Waals surface area contributed by atoms with Gasteiger partial charge in [-0.3, -0.25) is 4.98 Å². The maximum atomic E-state index is 13.0. The smallest absolute Gasteiger partial charge is 0.243 e. The molecule has 2 aromatic rings. The minimum absolute atomic E-state index is 0.420. The molecule has 1 saturated heterocycles. The van der Waals surface area contributed by atoms with Crippen molar-refractivity contribution in [3.05, 3.63) is 52.8 Å². The molecule has 2 heterocycles. The molecule has 4 rings (SSSR count). The Hall–Kier alpha value is -1.63. The summed E-state index contributed by atoms with van der Waals surface area (Å²) in [4.78, 5) is 6.53. The first-order valence-corrected chi connectivity index (χ1v) is 10.3. The maximum Gasteiger partial charge on any atom is 0.243 e. The number of rotatable bonds is 3. The van der Waals surface area contributed by atoms with Crippen molar-refractivity contribution < 1.29 is 8.42 Å². The number of halogens is 1. The number of hydrogen-bond donors (Lipinski definition) is 0. The second-order valence-corrected chi connectivity index (χ2v) is 8.85. The Balaban J connectivity index is 1.51. The Labute approximate surface area is 153 Å². The SMILES string of the molecule is O=S(=O)(c1ccc2c(c1)CCC2)N1CCN(c2ccncc2Cl)CC1. The summed E-state index contributed by atoms with van der Waals surface area (Å²) in [5, 5.41) is 0.595. The molecule has 1 aromatic carbocycles. The van der Waals surface area contributed by atoms with Gasteiger partial charge in [0.1, 0.15) is 0 Å². The van der Waals surface area contributed by atoms with E-state index >= 15 is 0 Å². The highest BCUT2D eigenvalue weighted by Gasteiger charge is 2.29. The van der Waals surface area contributed by atoms with Crippen molar-refractivity contribution in [3.8, 4) is 0 Å². The van der Waals surface area contributed by atoms with Gasteiger partial charge >= 0.3 is 0 Å². The molecule has 1 aliphatic carbocycles. The van der Waals surface area contributed by atoms with Crippen molar-refractivity contribution in [1.29, 1.82) is 0 Å². The normalized spacial score (nSPS) is 18.4. The molecule has 25 heavy (non-hydrogen) atoms. The average Bonchev–Trinajstić information content (AvgIpc) is 3.10.